The zero-order chi connectivity index (χ0) is 24.3. The van der Waals surface area contributed by atoms with Gasteiger partial charge in [-0.15, -0.1) is 6.58 Å². The first kappa shape index (κ1) is 23.4. The first-order chi connectivity index (χ1) is 16.3. The normalized spacial score (nSPS) is 37.7. The van der Waals surface area contributed by atoms with E-state index < -0.39 is 23.1 Å². The molecule has 6 atom stereocenters. The number of ether oxygens (including phenoxy) is 3. The number of fused-ring (bicyclic) bond motifs is 1. The molecular formula is C27H36N2O5. The standard InChI is InChI=1S/C27H36N2O5/c1-6-15-33-17-27(31)23-26(20-10-9-19(32-5)16-21(20)28(23)4)12-14-29-13-8-11-25(7-2,22(26)29)24(27)34-18(3)30/h6,8-11,16,22-24,31H,1,7,12-15,17H2,2-5H3/t22?,23-,24-,25-,26-,27+/m1/s1. The molecule has 3 heterocycles. The van der Waals surface area contributed by atoms with Gasteiger partial charge in [0.2, 0.25) is 0 Å². The molecule has 1 aromatic carbocycles. The molecule has 3 aliphatic heterocycles. The second-order valence-corrected chi connectivity index (χ2v) is 10.2. The molecule has 1 saturated heterocycles. The molecule has 0 bridgehead atoms. The van der Waals surface area contributed by atoms with Gasteiger partial charge in [-0.3, -0.25) is 9.69 Å². The highest BCUT2D eigenvalue weighted by Gasteiger charge is 2.77. The van der Waals surface area contributed by atoms with Crippen LogP contribution in [0.4, 0.5) is 5.69 Å². The molecule has 0 radical (unpaired) electrons. The fourth-order valence-corrected chi connectivity index (χ4v) is 7.91. The summed E-state index contributed by atoms with van der Waals surface area (Å²) in [5.41, 5.74) is -0.0628. The highest BCUT2D eigenvalue weighted by atomic mass is 16.6. The number of hydrogen-bond acceptors (Lipinski definition) is 7. The highest BCUT2D eigenvalue weighted by Crippen LogP contribution is 2.67. The Labute approximate surface area is 202 Å². The molecule has 1 unspecified atom stereocenters. The molecule has 1 N–H and O–H groups in total. The van der Waals surface area contributed by atoms with Crippen LogP contribution in [0, 0.1) is 5.41 Å². The fourth-order valence-electron chi connectivity index (χ4n) is 7.91. The smallest absolute Gasteiger partial charge is 0.303 e. The van der Waals surface area contributed by atoms with Crippen molar-refractivity contribution in [2.24, 2.45) is 5.41 Å². The van der Waals surface area contributed by atoms with Crippen LogP contribution in [0.2, 0.25) is 0 Å². The maximum Gasteiger partial charge on any atom is 0.303 e. The minimum absolute atomic E-state index is 0.0428. The van der Waals surface area contributed by atoms with Gasteiger partial charge < -0.3 is 24.2 Å². The van der Waals surface area contributed by atoms with Crippen molar-refractivity contribution in [2.75, 3.05) is 45.4 Å². The SMILES string of the molecule is C=CCOC[C@@]1(O)[C@H](OC(C)=O)[C@]2(CC)C=CCN3CC[C@@]4(c5ccc(OC)cc5N(C)[C@@H]14)C32. The first-order valence-electron chi connectivity index (χ1n) is 12.2. The molecule has 0 aromatic heterocycles. The van der Waals surface area contributed by atoms with E-state index in [-0.39, 0.29) is 24.1 Å². The van der Waals surface area contributed by atoms with E-state index in [1.165, 1.54) is 12.5 Å². The van der Waals surface area contributed by atoms with Crippen molar-refractivity contribution in [1.29, 1.82) is 0 Å². The Hall–Kier alpha value is -2.35. The number of methoxy groups -OCH3 is 1. The molecule has 1 aromatic rings. The van der Waals surface area contributed by atoms with Gasteiger partial charge in [-0.2, -0.15) is 0 Å². The largest absolute Gasteiger partial charge is 0.497 e. The summed E-state index contributed by atoms with van der Waals surface area (Å²) >= 11 is 0. The second kappa shape index (κ2) is 8.11. The summed E-state index contributed by atoms with van der Waals surface area (Å²) in [5, 5.41) is 12.7. The predicted octanol–water partition coefficient (Wildman–Crippen LogP) is 2.67. The lowest BCUT2D eigenvalue weighted by Crippen LogP contribution is -2.80. The van der Waals surface area contributed by atoms with Crippen LogP contribution in [0.3, 0.4) is 0 Å². The molecule has 7 nitrogen and oxygen atoms in total. The van der Waals surface area contributed by atoms with Crippen LogP contribution in [-0.2, 0) is 19.7 Å². The number of benzene rings is 1. The zero-order valence-electron chi connectivity index (χ0n) is 20.6. The van der Waals surface area contributed by atoms with Gasteiger partial charge in [-0.25, -0.2) is 0 Å². The number of rotatable bonds is 7. The van der Waals surface area contributed by atoms with E-state index in [2.05, 4.69) is 47.6 Å². The summed E-state index contributed by atoms with van der Waals surface area (Å²) in [7, 11) is 3.70. The zero-order valence-corrected chi connectivity index (χ0v) is 20.6. The second-order valence-electron chi connectivity index (χ2n) is 10.2. The van der Waals surface area contributed by atoms with E-state index >= 15 is 0 Å². The van der Waals surface area contributed by atoms with Gasteiger partial charge in [0.1, 0.15) is 17.5 Å². The van der Waals surface area contributed by atoms with E-state index in [1.807, 2.05) is 13.1 Å². The van der Waals surface area contributed by atoms with Crippen LogP contribution >= 0.6 is 0 Å². The third-order valence-corrected chi connectivity index (χ3v) is 8.79. The summed E-state index contributed by atoms with van der Waals surface area (Å²) in [5.74, 6) is 0.389. The van der Waals surface area contributed by atoms with E-state index in [0.29, 0.717) is 6.61 Å². The predicted molar refractivity (Wildman–Crippen MR) is 130 cm³/mol. The van der Waals surface area contributed by atoms with Crippen LogP contribution in [0.25, 0.3) is 0 Å². The van der Waals surface area contributed by atoms with E-state index in [0.717, 1.165) is 37.4 Å². The summed E-state index contributed by atoms with van der Waals surface area (Å²) < 4.78 is 17.6. The van der Waals surface area contributed by atoms with Crippen LogP contribution in [-0.4, -0.2) is 80.2 Å². The average Bonchev–Trinajstić information content (AvgIpc) is 3.33. The van der Waals surface area contributed by atoms with Crippen molar-refractivity contribution < 1.29 is 24.1 Å². The molecule has 2 fully saturated rings. The summed E-state index contributed by atoms with van der Waals surface area (Å²) in [6.07, 6.45) is 6.95. The Morgan fingerprint density at radius 2 is 2.15 bits per heavy atom. The van der Waals surface area contributed by atoms with Crippen molar-refractivity contribution in [3.63, 3.8) is 0 Å². The van der Waals surface area contributed by atoms with E-state index in [1.54, 1.807) is 13.2 Å². The molecule has 1 aliphatic carbocycles. The molecule has 4 aliphatic rings. The molecule has 5 rings (SSSR count). The lowest BCUT2D eigenvalue weighted by atomic mass is 9.48. The van der Waals surface area contributed by atoms with Gasteiger partial charge >= 0.3 is 5.97 Å². The quantitative estimate of drug-likeness (QED) is 0.375. The molecule has 34 heavy (non-hydrogen) atoms. The van der Waals surface area contributed by atoms with Gasteiger partial charge in [-0.1, -0.05) is 31.2 Å². The van der Waals surface area contributed by atoms with Gasteiger partial charge in [-0.05, 0) is 31.0 Å². The Bertz CT molecular complexity index is 1030. The molecule has 184 valence electrons. The number of hydrogen-bond donors (Lipinski definition) is 1. The Morgan fingerprint density at radius 1 is 1.35 bits per heavy atom. The first-order valence-corrected chi connectivity index (χ1v) is 12.2. The number of likely N-dealkylation sites (N-methyl/N-ethyl adjacent to an activating group) is 1. The van der Waals surface area contributed by atoms with E-state index in [4.69, 9.17) is 14.2 Å². The lowest BCUT2D eigenvalue weighted by Gasteiger charge is -2.64. The summed E-state index contributed by atoms with van der Waals surface area (Å²) in [6, 6.07) is 6.00. The minimum Gasteiger partial charge on any atom is -0.497 e. The number of esters is 1. The fraction of sp³-hybridized carbons (Fsp3) is 0.593. The van der Waals surface area contributed by atoms with Crippen LogP contribution in [0.15, 0.2) is 43.0 Å². The summed E-state index contributed by atoms with van der Waals surface area (Å²) in [4.78, 5) is 17.1. The number of anilines is 1. The van der Waals surface area contributed by atoms with Crippen LogP contribution in [0.5, 0.6) is 5.75 Å². The van der Waals surface area contributed by atoms with Gasteiger partial charge in [0.15, 0.2) is 0 Å². The maximum absolute atomic E-state index is 12.7. The topological polar surface area (TPSA) is 71.5 Å². The average molecular weight is 469 g/mol. The highest BCUT2D eigenvalue weighted by molar-refractivity contribution is 5.71. The van der Waals surface area contributed by atoms with Crippen molar-refractivity contribution in [1.82, 2.24) is 4.90 Å². The van der Waals surface area contributed by atoms with Crippen molar-refractivity contribution in [2.45, 2.75) is 55.9 Å². The molecule has 1 spiro atoms. The van der Waals surface area contributed by atoms with Gasteiger partial charge in [0.05, 0.1) is 26.4 Å². The monoisotopic (exact) mass is 468 g/mol. The van der Waals surface area contributed by atoms with Crippen molar-refractivity contribution in [3.05, 3.63) is 48.6 Å². The molecular weight excluding hydrogens is 432 g/mol. The molecule has 0 amide bonds. The number of aliphatic hydroxyl groups is 1. The van der Waals surface area contributed by atoms with Crippen molar-refractivity contribution in [3.8, 4) is 5.75 Å². The molecule has 1 saturated carbocycles. The summed E-state index contributed by atoms with van der Waals surface area (Å²) in [6.45, 7) is 9.45. The third kappa shape index (κ3) is 2.84. The maximum atomic E-state index is 12.7. The minimum atomic E-state index is -1.44. The lowest BCUT2D eigenvalue weighted by molar-refractivity contribution is -0.232. The Morgan fingerprint density at radius 3 is 2.82 bits per heavy atom. The third-order valence-electron chi connectivity index (χ3n) is 8.79. The van der Waals surface area contributed by atoms with Gasteiger partial charge in [0.25, 0.3) is 0 Å². The molecule has 7 heteroatoms. The van der Waals surface area contributed by atoms with Crippen LogP contribution in [0.1, 0.15) is 32.3 Å². The number of nitrogens with zero attached hydrogens (tertiary/aromatic N) is 2. The Balaban J connectivity index is 1.79. The van der Waals surface area contributed by atoms with Crippen LogP contribution < -0.4 is 9.64 Å². The van der Waals surface area contributed by atoms with Crippen molar-refractivity contribution >= 4 is 11.7 Å². The number of carbonyl (C=O) groups excluding carboxylic acids is 1. The van der Waals surface area contributed by atoms with E-state index in [9.17, 15) is 9.90 Å². The number of carbonyl (C=O) groups is 1. The Kier molecular flexibility index (Phi) is 5.58. The van der Waals surface area contributed by atoms with Gasteiger partial charge in [0, 0.05) is 49.1 Å².